The van der Waals surface area contributed by atoms with Crippen LogP contribution in [-0.4, -0.2) is 36.1 Å². The Hall–Kier alpha value is -0.870. The summed E-state index contributed by atoms with van der Waals surface area (Å²) >= 11 is 0. The van der Waals surface area contributed by atoms with Crippen LogP contribution in [0.3, 0.4) is 0 Å². The highest BCUT2D eigenvalue weighted by Gasteiger charge is 1.93. The summed E-state index contributed by atoms with van der Waals surface area (Å²) in [6, 6.07) is 2.03. The van der Waals surface area contributed by atoms with Gasteiger partial charge in [0.2, 0.25) is 0 Å². The molecule has 0 saturated carbocycles. The van der Waals surface area contributed by atoms with Crippen LogP contribution in [-0.2, 0) is 11.3 Å². The summed E-state index contributed by atoms with van der Waals surface area (Å²) in [5.74, 6) is 0. The van der Waals surface area contributed by atoms with E-state index in [1.807, 2.05) is 30.8 Å². The fourth-order valence-electron chi connectivity index (χ4n) is 1.50. The van der Waals surface area contributed by atoms with E-state index in [1.54, 1.807) is 0 Å². The smallest absolute Gasteiger partial charge is 0.0593 e. The Labute approximate surface area is 98.0 Å². The topological polar surface area (TPSA) is 39.1 Å². The standard InChI is InChI=1S/C12H23N3O/c1-3-16-11-5-4-7-13-8-10-15-9-6-12(2)14-15/h6,9,13H,3-5,7-8,10-11H2,1-2H3. The molecule has 0 spiro atoms. The van der Waals surface area contributed by atoms with Gasteiger partial charge in [0.1, 0.15) is 0 Å². The number of nitrogens with one attached hydrogen (secondary N) is 1. The van der Waals surface area contributed by atoms with Crippen molar-refractivity contribution in [1.29, 1.82) is 0 Å². The lowest BCUT2D eigenvalue weighted by Crippen LogP contribution is -2.21. The van der Waals surface area contributed by atoms with Gasteiger partial charge in [-0.2, -0.15) is 5.10 Å². The Morgan fingerprint density at radius 3 is 2.94 bits per heavy atom. The Balaban J connectivity index is 1.88. The summed E-state index contributed by atoms with van der Waals surface area (Å²) in [5, 5.41) is 7.73. The van der Waals surface area contributed by atoms with E-state index in [1.165, 1.54) is 6.42 Å². The van der Waals surface area contributed by atoms with E-state index in [0.717, 1.165) is 45.0 Å². The van der Waals surface area contributed by atoms with Gasteiger partial charge in [0, 0.05) is 26.0 Å². The van der Waals surface area contributed by atoms with Crippen LogP contribution in [0.25, 0.3) is 0 Å². The minimum absolute atomic E-state index is 0.825. The first kappa shape index (κ1) is 13.2. The molecule has 0 aliphatic rings. The molecule has 0 atom stereocenters. The van der Waals surface area contributed by atoms with Crippen LogP contribution in [0, 0.1) is 6.92 Å². The molecular weight excluding hydrogens is 202 g/mol. The van der Waals surface area contributed by atoms with Crippen molar-refractivity contribution < 1.29 is 4.74 Å². The molecule has 4 heteroatoms. The van der Waals surface area contributed by atoms with Gasteiger partial charge in [0.25, 0.3) is 0 Å². The van der Waals surface area contributed by atoms with E-state index < -0.39 is 0 Å². The fourth-order valence-corrected chi connectivity index (χ4v) is 1.50. The molecule has 1 N–H and O–H groups in total. The van der Waals surface area contributed by atoms with Crippen molar-refractivity contribution in [3.8, 4) is 0 Å². The average Bonchev–Trinajstić information content (AvgIpc) is 2.68. The van der Waals surface area contributed by atoms with Gasteiger partial charge in [0.15, 0.2) is 0 Å². The average molecular weight is 225 g/mol. The van der Waals surface area contributed by atoms with E-state index in [-0.39, 0.29) is 0 Å². The van der Waals surface area contributed by atoms with Crippen molar-refractivity contribution >= 4 is 0 Å². The molecule has 0 saturated heterocycles. The zero-order chi connectivity index (χ0) is 11.6. The number of ether oxygens (including phenoxy) is 1. The van der Waals surface area contributed by atoms with Crippen molar-refractivity contribution in [2.75, 3.05) is 26.3 Å². The van der Waals surface area contributed by atoms with Gasteiger partial charge in [-0.1, -0.05) is 0 Å². The lowest BCUT2D eigenvalue weighted by molar-refractivity contribution is 0.143. The molecule has 0 bridgehead atoms. The zero-order valence-corrected chi connectivity index (χ0v) is 10.4. The van der Waals surface area contributed by atoms with E-state index >= 15 is 0 Å². The highest BCUT2D eigenvalue weighted by Crippen LogP contribution is 1.92. The first-order chi connectivity index (χ1) is 7.83. The normalized spacial score (nSPS) is 10.9. The summed E-state index contributed by atoms with van der Waals surface area (Å²) in [7, 11) is 0. The van der Waals surface area contributed by atoms with Gasteiger partial charge in [-0.15, -0.1) is 0 Å². The maximum atomic E-state index is 5.27. The van der Waals surface area contributed by atoms with Gasteiger partial charge < -0.3 is 10.1 Å². The second kappa shape index (κ2) is 8.30. The van der Waals surface area contributed by atoms with Crippen molar-refractivity contribution in [2.24, 2.45) is 0 Å². The number of unbranched alkanes of at least 4 members (excludes halogenated alkanes) is 1. The second-order valence-electron chi connectivity index (χ2n) is 3.87. The number of hydrogen-bond acceptors (Lipinski definition) is 3. The number of nitrogens with zero attached hydrogens (tertiary/aromatic N) is 2. The third-order valence-electron chi connectivity index (χ3n) is 2.39. The third kappa shape index (κ3) is 5.88. The Morgan fingerprint density at radius 2 is 2.25 bits per heavy atom. The van der Waals surface area contributed by atoms with Gasteiger partial charge >= 0.3 is 0 Å². The molecule has 16 heavy (non-hydrogen) atoms. The fraction of sp³-hybridized carbons (Fsp3) is 0.750. The number of rotatable bonds is 9. The van der Waals surface area contributed by atoms with E-state index in [2.05, 4.69) is 10.4 Å². The first-order valence-electron chi connectivity index (χ1n) is 6.11. The summed E-state index contributed by atoms with van der Waals surface area (Å²) in [6.45, 7) is 8.74. The molecule has 1 heterocycles. The predicted octanol–water partition coefficient (Wildman–Crippen LogP) is 1.60. The molecule has 4 nitrogen and oxygen atoms in total. The monoisotopic (exact) mass is 225 g/mol. The Morgan fingerprint density at radius 1 is 1.38 bits per heavy atom. The van der Waals surface area contributed by atoms with Crippen molar-refractivity contribution in [3.05, 3.63) is 18.0 Å². The first-order valence-corrected chi connectivity index (χ1v) is 6.11. The molecule has 0 aliphatic heterocycles. The molecule has 92 valence electrons. The quantitative estimate of drug-likeness (QED) is 0.649. The minimum atomic E-state index is 0.825. The Bertz CT molecular complexity index is 273. The summed E-state index contributed by atoms with van der Waals surface area (Å²) in [5.41, 5.74) is 1.08. The van der Waals surface area contributed by atoms with E-state index in [9.17, 15) is 0 Å². The van der Waals surface area contributed by atoms with Crippen LogP contribution in [0.1, 0.15) is 25.5 Å². The Kier molecular flexibility index (Phi) is 6.85. The molecule has 0 aliphatic carbocycles. The van der Waals surface area contributed by atoms with Crippen LogP contribution in [0.4, 0.5) is 0 Å². The molecule has 0 aromatic carbocycles. The molecule has 0 unspecified atom stereocenters. The third-order valence-corrected chi connectivity index (χ3v) is 2.39. The highest BCUT2D eigenvalue weighted by atomic mass is 16.5. The van der Waals surface area contributed by atoms with Crippen LogP contribution in [0.2, 0.25) is 0 Å². The number of hydrogen-bond donors (Lipinski definition) is 1. The van der Waals surface area contributed by atoms with Gasteiger partial charge in [-0.25, -0.2) is 0 Å². The van der Waals surface area contributed by atoms with Crippen molar-refractivity contribution in [3.63, 3.8) is 0 Å². The van der Waals surface area contributed by atoms with Crippen molar-refractivity contribution in [2.45, 2.75) is 33.2 Å². The molecule has 0 fully saturated rings. The lowest BCUT2D eigenvalue weighted by atomic mass is 10.3. The molecular formula is C12H23N3O. The lowest BCUT2D eigenvalue weighted by Gasteiger charge is -2.05. The zero-order valence-electron chi connectivity index (χ0n) is 10.4. The summed E-state index contributed by atoms with van der Waals surface area (Å²) in [6.07, 6.45) is 4.34. The molecule has 1 aromatic rings. The van der Waals surface area contributed by atoms with Crippen LogP contribution >= 0.6 is 0 Å². The van der Waals surface area contributed by atoms with E-state index in [4.69, 9.17) is 4.74 Å². The van der Waals surface area contributed by atoms with Gasteiger partial charge in [-0.3, -0.25) is 4.68 Å². The van der Waals surface area contributed by atoms with Crippen LogP contribution in [0.5, 0.6) is 0 Å². The molecule has 0 amide bonds. The minimum Gasteiger partial charge on any atom is -0.382 e. The molecule has 0 radical (unpaired) electrons. The van der Waals surface area contributed by atoms with E-state index in [0.29, 0.717) is 0 Å². The number of aromatic nitrogens is 2. The largest absolute Gasteiger partial charge is 0.382 e. The SMILES string of the molecule is CCOCCCCNCCn1ccc(C)n1. The maximum Gasteiger partial charge on any atom is 0.0593 e. The van der Waals surface area contributed by atoms with Gasteiger partial charge in [0.05, 0.1) is 12.2 Å². The van der Waals surface area contributed by atoms with Crippen LogP contribution < -0.4 is 5.32 Å². The van der Waals surface area contributed by atoms with Crippen molar-refractivity contribution in [1.82, 2.24) is 15.1 Å². The molecule has 1 aromatic heterocycles. The summed E-state index contributed by atoms with van der Waals surface area (Å²) < 4.78 is 7.24. The van der Waals surface area contributed by atoms with Gasteiger partial charge in [-0.05, 0) is 39.3 Å². The van der Waals surface area contributed by atoms with Crippen LogP contribution in [0.15, 0.2) is 12.3 Å². The highest BCUT2D eigenvalue weighted by molar-refractivity contribution is 4.94. The molecule has 1 rings (SSSR count). The summed E-state index contributed by atoms with van der Waals surface area (Å²) in [4.78, 5) is 0. The number of aryl methyl sites for hydroxylation is 1. The predicted molar refractivity (Wildman–Crippen MR) is 65.6 cm³/mol. The maximum absolute atomic E-state index is 5.27. The second-order valence-corrected chi connectivity index (χ2v) is 3.87.